The summed E-state index contributed by atoms with van der Waals surface area (Å²) >= 11 is 0. The van der Waals surface area contributed by atoms with Crippen LogP contribution < -0.4 is 0 Å². The minimum Gasteiger partial charge on any atom is -0.518 e. The summed E-state index contributed by atoms with van der Waals surface area (Å²) in [6, 6.07) is 1.94. The largest absolute Gasteiger partial charge is 0.518 e. The van der Waals surface area contributed by atoms with E-state index in [-0.39, 0.29) is 5.97 Å². The van der Waals surface area contributed by atoms with Gasteiger partial charge in [0.2, 0.25) is 0 Å². The van der Waals surface area contributed by atoms with E-state index in [1.54, 1.807) is 0 Å². The first-order valence-electron chi connectivity index (χ1n) is 9.18. The van der Waals surface area contributed by atoms with Gasteiger partial charge in [0.1, 0.15) is 5.04 Å². The van der Waals surface area contributed by atoms with Gasteiger partial charge in [-0.3, -0.25) is 4.79 Å². The summed E-state index contributed by atoms with van der Waals surface area (Å²) in [5.41, 5.74) is 0.470. The third kappa shape index (κ3) is 5.41. The fourth-order valence-electron chi connectivity index (χ4n) is 2.86. The molecule has 0 aromatic heterocycles. The summed E-state index contributed by atoms with van der Waals surface area (Å²) in [5, 5.41) is -0.660. The second-order valence-corrected chi connectivity index (χ2v) is 13.3. The van der Waals surface area contributed by atoms with Crippen molar-refractivity contribution < 1.29 is 18.1 Å². The van der Waals surface area contributed by atoms with Crippen molar-refractivity contribution in [2.24, 2.45) is 0 Å². The monoisotopic (exact) mass is 361 g/mol. The van der Waals surface area contributed by atoms with E-state index in [1.165, 1.54) is 0 Å². The molecule has 4 nitrogen and oxygen atoms in total. The zero-order valence-corrected chi connectivity index (χ0v) is 18.5. The predicted octanol–water partition coefficient (Wildman–Crippen LogP) is 5.05. The third-order valence-electron chi connectivity index (χ3n) is 5.16. The van der Waals surface area contributed by atoms with Gasteiger partial charge in [-0.1, -0.05) is 41.0 Å². The Bertz CT molecular complexity index is 341. The van der Waals surface area contributed by atoms with Gasteiger partial charge in [0.15, 0.2) is 0 Å². The summed E-state index contributed by atoms with van der Waals surface area (Å²) < 4.78 is 17.9. The summed E-state index contributed by atoms with van der Waals surface area (Å²) in [6.07, 6.45) is 1.73. The minimum absolute atomic E-state index is 0.105. The highest BCUT2D eigenvalue weighted by atomic mass is 28.4. The minimum atomic E-state index is -2.07. The Hall–Kier alpha value is -0.176. The molecule has 0 rings (SSSR count). The fraction of sp³-hybridized carbons (Fsp3) is 0.941. The van der Waals surface area contributed by atoms with Gasteiger partial charge < -0.3 is 13.3 Å². The van der Waals surface area contributed by atoms with Crippen molar-refractivity contribution in [1.29, 1.82) is 0 Å². The van der Waals surface area contributed by atoms with Crippen LogP contribution in [0.1, 0.15) is 68.2 Å². The van der Waals surface area contributed by atoms with Gasteiger partial charge in [-0.15, -0.1) is 0 Å². The van der Waals surface area contributed by atoms with Crippen LogP contribution in [0.2, 0.25) is 22.7 Å². The smallest absolute Gasteiger partial charge is 0.402 e. The molecule has 0 saturated carbocycles. The average Bonchev–Trinajstić information content (AvgIpc) is 2.57. The summed E-state index contributed by atoms with van der Waals surface area (Å²) in [4.78, 5) is 13.1. The lowest BCUT2D eigenvalue weighted by molar-refractivity contribution is -0.139. The molecule has 2 unspecified atom stereocenters. The maximum Gasteiger partial charge on any atom is 0.402 e. The molecular formula is C17H37O4Si2. The third-order valence-corrected chi connectivity index (χ3v) is 12.9. The van der Waals surface area contributed by atoms with Crippen molar-refractivity contribution in [2.45, 2.75) is 90.9 Å². The fourth-order valence-corrected chi connectivity index (χ4v) is 8.43. The van der Waals surface area contributed by atoms with Crippen molar-refractivity contribution >= 4 is 23.6 Å². The Morgan fingerprint density at radius 3 is 1.83 bits per heavy atom. The highest BCUT2D eigenvalue weighted by Crippen LogP contribution is 2.41. The van der Waals surface area contributed by atoms with Crippen LogP contribution in [0.3, 0.4) is 0 Å². The van der Waals surface area contributed by atoms with Crippen LogP contribution in [0.15, 0.2) is 0 Å². The molecule has 0 N–H and O–H groups in total. The summed E-state index contributed by atoms with van der Waals surface area (Å²) in [7, 11) is -3.78. The Labute approximate surface area is 146 Å². The molecule has 0 aliphatic rings. The molecule has 2 atom stereocenters. The Morgan fingerprint density at radius 2 is 1.52 bits per heavy atom. The molecule has 0 aromatic carbocycles. The molecule has 0 spiro atoms. The van der Waals surface area contributed by atoms with E-state index in [4.69, 9.17) is 13.3 Å². The lowest BCUT2D eigenvalue weighted by Crippen LogP contribution is -2.49. The Kier molecular flexibility index (Phi) is 10.6. The van der Waals surface area contributed by atoms with Crippen LogP contribution in [0, 0.1) is 0 Å². The Balaban J connectivity index is 5.47. The van der Waals surface area contributed by atoms with E-state index in [0.29, 0.717) is 25.2 Å². The zero-order valence-electron chi connectivity index (χ0n) is 16.5. The molecule has 137 valence electrons. The molecule has 0 aliphatic carbocycles. The molecule has 6 heteroatoms. The van der Waals surface area contributed by atoms with Crippen molar-refractivity contribution in [2.75, 3.05) is 13.2 Å². The second-order valence-electron chi connectivity index (χ2n) is 6.31. The highest BCUT2D eigenvalue weighted by molar-refractivity contribution is 6.76. The maximum absolute atomic E-state index is 13.1. The van der Waals surface area contributed by atoms with Crippen LogP contribution in [0.25, 0.3) is 0 Å². The molecule has 23 heavy (non-hydrogen) atoms. The molecule has 0 heterocycles. The number of hydrogen-bond donors (Lipinski definition) is 0. The van der Waals surface area contributed by atoms with Gasteiger partial charge in [-0.05, 0) is 44.8 Å². The SMILES string of the molecule is CCO[Si](OCC)C(C)(CC)C(=O)O[Si](CC)(CC)C(C)CC. The van der Waals surface area contributed by atoms with Gasteiger partial charge >= 0.3 is 9.28 Å². The van der Waals surface area contributed by atoms with Crippen molar-refractivity contribution in [3.8, 4) is 0 Å². The van der Waals surface area contributed by atoms with Gasteiger partial charge in [0, 0.05) is 13.2 Å². The van der Waals surface area contributed by atoms with E-state index in [9.17, 15) is 4.79 Å². The second kappa shape index (κ2) is 10.6. The summed E-state index contributed by atoms with van der Waals surface area (Å²) in [6.45, 7) is 17.7. The van der Waals surface area contributed by atoms with Crippen LogP contribution in [0.4, 0.5) is 0 Å². The standard InChI is InChI=1S/C17H37O4Si2/c1-9-15(7)23(13-5,14-6)21-16(18)17(8,10-2)22(19-11-3)20-12-4/h15H,9-14H2,1-8H3. The number of carbonyl (C=O) groups is 1. The first-order valence-corrected chi connectivity index (χ1v) is 12.9. The molecule has 0 fully saturated rings. The molecular weight excluding hydrogens is 324 g/mol. The van der Waals surface area contributed by atoms with E-state index < -0.39 is 22.6 Å². The average molecular weight is 362 g/mol. The van der Waals surface area contributed by atoms with Gasteiger partial charge in [-0.25, -0.2) is 0 Å². The highest BCUT2D eigenvalue weighted by Gasteiger charge is 2.50. The lowest BCUT2D eigenvalue weighted by atomic mass is 10.1. The van der Waals surface area contributed by atoms with Crippen molar-refractivity contribution in [1.82, 2.24) is 0 Å². The normalized spacial score (nSPS) is 16.2. The topological polar surface area (TPSA) is 44.8 Å². The van der Waals surface area contributed by atoms with E-state index in [2.05, 4.69) is 27.7 Å². The van der Waals surface area contributed by atoms with Crippen LogP contribution in [-0.4, -0.2) is 36.8 Å². The maximum atomic E-state index is 13.1. The first kappa shape index (κ1) is 22.8. The molecule has 0 aliphatic heterocycles. The number of hydrogen-bond acceptors (Lipinski definition) is 4. The number of carbonyl (C=O) groups excluding carboxylic acids is 1. The predicted molar refractivity (Wildman–Crippen MR) is 100 cm³/mol. The molecule has 1 radical (unpaired) electrons. The van der Waals surface area contributed by atoms with Crippen LogP contribution in [-0.2, 0) is 18.1 Å². The molecule has 0 amide bonds. The first-order chi connectivity index (χ1) is 10.8. The molecule has 0 bridgehead atoms. The van der Waals surface area contributed by atoms with Crippen molar-refractivity contribution in [3.05, 3.63) is 0 Å². The van der Waals surface area contributed by atoms with Gasteiger partial charge in [0.25, 0.3) is 14.3 Å². The van der Waals surface area contributed by atoms with E-state index in [0.717, 1.165) is 18.5 Å². The Morgan fingerprint density at radius 1 is 1.04 bits per heavy atom. The van der Waals surface area contributed by atoms with Crippen LogP contribution in [0.5, 0.6) is 0 Å². The van der Waals surface area contributed by atoms with Crippen molar-refractivity contribution in [3.63, 3.8) is 0 Å². The van der Waals surface area contributed by atoms with E-state index in [1.807, 2.05) is 27.7 Å². The lowest BCUT2D eigenvalue weighted by Gasteiger charge is -2.39. The van der Waals surface area contributed by atoms with E-state index >= 15 is 0 Å². The van der Waals surface area contributed by atoms with Gasteiger partial charge in [-0.2, -0.15) is 0 Å². The zero-order chi connectivity index (χ0) is 18.1. The molecule has 0 saturated heterocycles. The quantitative estimate of drug-likeness (QED) is 0.456. The molecule has 0 aromatic rings. The van der Waals surface area contributed by atoms with Gasteiger partial charge in [0.05, 0.1) is 0 Å². The number of rotatable bonds is 12. The van der Waals surface area contributed by atoms with Crippen LogP contribution >= 0.6 is 0 Å². The summed E-state index contributed by atoms with van der Waals surface area (Å²) in [5.74, 6) is -0.105.